The summed E-state index contributed by atoms with van der Waals surface area (Å²) in [4.78, 5) is 23.5. The first-order valence-electron chi connectivity index (χ1n) is 11.9. The minimum Gasteiger partial charge on any atom is -0.478 e. The van der Waals surface area contributed by atoms with Crippen LogP contribution in [0.3, 0.4) is 0 Å². The van der Waals surface area contributed by atoms with Gasteiger partial charge in [0.05, 0.1) is 24.4 Å². The molecule has 1 saturated carbocycles. The number of aliphatic hydroxyl groups is 2. The number of benzene rings is 2. The highest BCUT2D eigenvalue weighted by Crippen LogP contribution is 2.34. The molecule has 1 aliphatic rings. The molecule has 0 radical (unpaired) electrons. The fourth-order valence-corrected chi connectivity index (χ4v) is 4.54. The zero-order valence-electron chi connectivity index (χ0n) is 19.6. The van der Waals surface area contributed by atoms with E-state index in [4.69, 9.17) is 9.84 Å². The molecule has 0 heterocycles. The van der Waals surface area contributed by atoms with E-state index in [2.05, 4.69) is 6.07 Å². The molecule has 0 bridgehead atoms. The lowest BCUT2D eigenvalue weighted by atomic mass is 9.88. The molecule has 2 aromatic carbocycles. The number of rotatable bonds is 12. The van der Waals surface area contributed by atoms with Gasteiger partial charge >= 0.3 is 5.97 Å². The number of aromatic carboxylic acids is 1. The average molecular weight is 467 g/mol. The minimum absolute atomic E-state index is 0.0285. The number of hydrogen-bond donors (Lipinski definition) is 3. The zero-order valence-corrected chi connectivity index (χ0v) is 19.6. The second-order valence-electron chi connectivity index (χ2n) is 8.89. The number of ketones is 1. The Labute approximate surface area is 200 Å². The summed E-state index contributed by atoms with van der Waals surface area (Å²) in [5.74, 6) is -1.60. The molecular formula is C28H34O6. The molecule has 2 aromatic rings. The molecule has 0 spiro atoms. The van der Waals surface area contributed by atoms with Crippen LogP contribution in [0.5, 0.6) is 0 Å². The zero-order chi connectivity index (χ0) is 24.5. The number of carbonyl (C=O) groups excluding carboxylic acids is 1. The van der Waals surface area contributed by atoms with Crippen LogP contribution in [0.2, 0.25) is 0 Å². The lowest BCUT2D eigenvalue weighted by Gasteiger charge is -2.18. The number of carbonyl (C=O) groups is 2. The van der Waals surface area contributed by atoms with Gasteiger partial charge in [0.1, 0.15) is 5.78 Å². The Morgan fingerprint density at radius 2 is 1.85 bits per heavy atom. The Balaban J connectivity index is 1.57. The lowest BCUT2D eigenvalue weighted by molar-refractivity contribution is -0.121. The van der Waals surface area contributed by atoms with E-state index >= 15 is 0 Å². The molecule has 3 N–H and O–H groups in total. The number of hydrogen-bond acceptors (Lipinski definition) is 5. The standard InChI is InChI=1S/C28H34O6/c1-2-34-15-14-20-4-3-5-21(16-20)17-23(29)11-13-25-24(26(30)18-27(25)31)12-8-19-6-9-22(10-7-19)28(32)33/h3-7,9-11,13,16,23-25,27,29,31H,2,8,12,14-15,17-18H2,1H3,(H,32,33)/b13-11+/t23-,24-,25-,27-/m1/s1. The molecule has 4 atom stereocenters. The van der Waals surface area contributed by atoms with E-state index < -0.39 is 18.2 Å². The summed E-state index contributed by atoms with van der Waals surface area (Å²) in [6.45, 7) is 3.33. The van der Waals surface area contributed by atoms with Crippen LogP contribution in [-0.2, 0) is 28.8 Å². The number of ether oxygens (including phenoxy) is 1. The SMILES string of the molecule is CCOCCc1cccc(C[C@H](O)/C=C/[C@H]2[C@H](O)CC(=O)[C@@H]2CCc2ccc(C(=O)O)cc2)c1. The van der Waals surface area contributed by atoms with Gasteiger partial charge in [-0.25, -0.2) is 4.79 Å². The van der Waals surface area contributed by atoms with E-state index in [0.717, 1.165) is 23.1 Å². The van der Waals surface area contributed by atoms with Crippen LogP contribution >= 0.6 is 0 Å². The maximum atomic E-state index is 12.5. The third-order valence-corrected chi connectivity index (χ3v) is 6.41. The number of aryl methyl sites for hydroxylation is 1. The van der Waals surface area contributed by atoms with E-state index in [1.165, 1.54) is 0 Å². The molecular weight excluding hydrogens is 432 g/mol. The monoisotopic (exact) mass is 466 g/mol. The largest absolute Gasteiger partial charge is 0.478 e. The van der Waals surface area contributed by atoms with Crippen molar-refractivity contribution in [3.8, 4) is 0 Å². The second-order valence-corrected chi connectivity index (χ2v) is 8.89. The maximum Gasteiger partial charge on any atom is 0.335 e. The minimum atomic E-state index is -0.971. The molecule has 34 heavy (non-hydrogen) atoms. The van der Waals surface area contributed by atoms with E-state index in [-0.39, 0.29) is 29.6 Å². The van der Waals surface area contributed by atoms with Gasteiger partial charge in [-0.2, -0.15) is 0 Å². The van der Waals surface area contributed by atoms with Gasteiger partial charge in [0.2, 0.25) is 0 Å². The van der Waals surface area contributed by atoms with Crippen molar-refractivity contribution in [1.82, 2.24) is 0 Å². The molecule has 0 saturated heterocycles. The van der Waals surface area contributed by atoms with Crippen molar-refractivity contribution in [1.29, 1.82) is 0 Å². The van der Waals surface area contributed by atoms with Gasteiger partial charge in [-0.1, -0.05) is 48.6 Å². The molecule has 1 fully saturated rings. The quantitative estimate of drug-likeness (QED) is 0.326. The number of aliphatic hydroxyl groups excluding tert-OH is 2. The predicted molar refractivity (Wildman–Crippen MR) is 130 cm³/mol. The van der Waals surface area contributed by atoms with Gasteiger partial charge in [-0.05, 0) is 55.0 Å². The molecule has 0 unspecified atom stereocenters. The van der Waals surface area contributed by atoms with Gasteiger partial charge < -0.3 is 20.1 Å². The molecule has 0 aromatic heterocycles. The van der Waals surface area contributed by atoms with Gasteiger partial charge in [-0.3, -0.25) is 4.79 Å². The first-order valence-corrected chi connectivity index (χ1v) is 11.9. The van der Waals surface area contributed by atoms with Crippen molar-refractivity contribution in [3.63, 3.8) is 0 Å². The Morgan fingerprint density at radius 3 is 2.56 bits per heavy atom. The molecule has 0 amide bonds. The Bertz CT molecular complexity index is 981. The fraction of sp³-hybridized carbons (Fsp3) is 0.429. The summed E-state index contributed by atoms with van der Waals surface area (Å²) >= 11 is 0. The Hall–Kier alpha value is -2.80. The van der Waals surface area contributed by atoms with Gasteiger partial charge in [-0.15, -0.1) is 0 Å². The topological polar surface area (TPSA) is 104 Å². The first kappa shape index (κ1) is 25.8. The molecule has 0 aliphatic heterocycles. The normalized spacial score (nSPS) is 21.3. The summed E-state index contributed by atoms with van der Waals surface area (Å²) in [7, 11) is 0. The fourth-order valence-electron chi connectivity index (χ4n) is 4.54. The van der Waals surface area contributed by atoms with Gasteiger partial charge in [0.25, 0.3) is 0 Å². The van der Waals surface area contributed by atoms with Crippen LogP contribution in [0, 0.1) is 11.8 Å². The highest BCUT2D eigenvalue weighted by Gasteiger charge is 2.39. The molecule has 182 valence electrons. The third kappa shape index (κ3) is 7.35. The second kappa shape index (κ2) is 12.6. The number of Topliss-reactive ketones (excluding diaryl/α,β-unsaturated/α-hetero) is 1. The maximum absolute atomic E-state index is 12.5. The smallest absolute Gasteiger partial charge is 0.335 e. The van der Waals surface area contributed by atoms with Crippen molar-refractivity contribution in [2.45, 2.75) is 51.2 Å². The van der Waals surface area contributed by atoms with E-state index in [0.29, 0.717) is 32.5 Å². The molecule has 3 rings (SSSR count). The van der Waals surface area contributed by atoms with Crippen molar-refractivity contribution >= 4 is 11.8 Å². The van der Waals surface area contributed by atoms with Gasteiger partial charge in [0, 0.05) is 31.3 Å². The van der Waals surface area contributed by atoms with Gasteiger partial charge in [0.15, 0.2) is 0 Å². The average Bonchev–Trinajstić information content (AvgIpc) is 3.09. The Morgan fingerprint density at radius 1 is 1.12 bits per heavy atom. The van der Waals surface area contributed by atoms with Crippen LogP contribution in [0.25, 0.3) is 0 Å². The predicted octanol–water partition coefficient (Wildman–Crippen LogP) is 3.62. The van der Waals surface area contributed by atoms with E-state index in [1.807, 2.05) is 25.1 Å². The molecule has 6 nitrogen and oxygen atoms in total. The van der Waals surface area contributed by atoms with Crippen LogP contribution in [0.1, 0.15) is 46.8 Å². The third-order valence-electron chi connectivity index (χ3n) is 6.41. The van der Waals surface area contributed by atoms with Crippen LogP contribution < -0.4 is 0 Å². The summed E-state index contributed by atoms with van der Waals surface area (Å²) < 4.78 is 5.41. The summed E-state index contributed by atoms with van der Waals surface area (Å²) in [6, 6.07) is 14.7. The summed E-state index contributed by atoms with van der Waals surface area (Å²) in [5.41, 5.74) is 3.36. The van der Waals surface area contributed by atoms with Crippen molar-refractivity contribution in [2.75, 3.05) is 13.2 Å². The summed E-state index contributed by atoms with van der Waals surface area (Å²) in [6.07, 6.45) is 4.59. The van der Waals surface area contributed by atoms with Crippen molar-refractivity contribution in [2.24, 2.45) is 11.8 Å². The van der Waals surface area contributed by atoms with Crippen molar-refractivity contribution in [3.05, 3.63) is 82.9 Å². The lowest BCUT2D eigenvalue weighted by Crippen LogP contribution is -2.20. The molecule has 1 aliphatic carbocycles. The summed E-state index contributed by atoms with van der Waals surface area (Å²) in [5, 5.41) is 30.0. The van der Waals surface area contributed by atoms with Crippen LogP contribution in [-0.4, -0.2) is 52.5 Å². The van der Waals surface area contributed by atoms with E-state index in [9.17, 15) is 19.8 Å². The highest BCUT2D eigenvalue weighted by molar-refractivity contribution is 5.87. The van der Waals surface area contributed by atoms with E-state index in [1.54, 1.807) is 36.4 Å². The number of carboxylic acids is 1. The molecule has 6 heteroatoms. The van der Waals surface area contributed by atoms with Crippen LogP contribution in [0.15, 0.2) is 60.7 Å². The first-order chi connectivity index (χ1) is 16.4. The Kier molecular flexibility index (Phi) is 9.57. The highest BCUT2D eigenvalue weighted by atomic mass is 16.5. The van der Waals surface area contributed by atoms with Crippen molar-refractivity contribution < 1.29 is 29.6 Å². The van der Waals surface area contributed by atoms with Crippen LogP contribution in [0.4, 0.5) is 0 Å². The number of carboxylic acid groups (broad SMARTS) is 1.